The summed E-state index contributed by atoms with van der Waals surface area (Å²) in [6.07, 6.45) is 1.06. The van der Waals surface area contributed by atoms with E-state index in [-0.39, 0.29) is 30.9 Å². The average molecular weight is 420 g/mol. The van der Waals surface area contributed by atoms with Crippen molar-refractivity contribution in [3.05, 3.63) is 53.1 Å². The summed E-state index contributed by atoms with van der Waals surface area (Å²) in [4.78, 5) is 25.4. The van der Waals surface area contributed by atoms with Gasteiger partial charge < -0.3 is 20.7 Å². The second-order valence-electron chi connectivity index (χ2n) is 6.30. The van der Waals surface area contributed by atoms with Crippen LogP contribution >= 0.6 is 23.4 Å². The topological polar surface area (TPSA) is 79.5 Å². The van der Waals surface area contributed by atoms with E-state index in [1.54, 1.807) is 43.1 Å². The maximum absolute atomic E-state index is 12.3. The van der Waals surface area contributed by atoms with Crippen molar-refractivity contribution in [2.24, 2.45) is 0 Å². The first-order valence-corrected chi connectivity index (χ1v) is 10.3. The van der Waals surface area contributed by atoms with E-state index in [0.29, 0.717) is 16.5 Å². The normalized spacial score (nSPS) is 15.3. The summed E-state index contributed by atoms with van der Waals surface area (Å²) < 4.78 is 5.07. The molecule has 0 saturated carbocycles. The van der Waals surface area contributed by atoms with Crippen molar-refractivity contribution >= 4 is 41.0 Å². The Kier molecular flexibility index (Phi) is 7.06. The maximum atomic E-state index is 12.3. The molecule has 8 heteroatoms. The van der Waals surface area contributed by atoms with Crippen molar-refractivity contribution in [2.45, 2.75) is 23.8 Å². The number of rotatable bonds is 6. The van der Waals surface area contributed by atoms with Gasteiger partial charge in [0.25, 0.3) is 0 Å². The lowest BCUT2D eigenvalue weighted by molar-refractivity contribution is -0.121. The van der Waals surface area contributed by atoms with Crippen LogP contribution in [0.25, 0.3) is 0 Å². The highest BCUT2D eigenvalue weighted by atomic mass is 35.5. The van der Waals surface area contributed by atoms with Crippen molar-refractivity contribution < 1.29 is 14.3 Å². The number of urea groups is 1. The van der Waals surface area contributed by atoms with E-state index in [0.717, 1.165) is 22.6 Å². The van der Waals surface area contributed by atoms with Gasteiger partial charge in [-0.1, -0.05) is 11.6 Å². The Balaban J connectivity index is 1.43. The molecule has 0 fully saturated rings. The molecule has 148 valence electrons. The number of carbonyl (C=O) groups is 2. The molecule has 1 aliphatic rings. The van der Waals surface area contributed by atoms with Gasteiger partial charge in [-0.25, -0.2) is 4.79 Å². The Bertz CT molecular complexity index is 845. The molecule has 28 heavy (non-hydrogen) atoms. The van der Waals surface area contributed by atoms with Crippen molar-refractivity contribution in [1.82, 2.24) is 10.6 Å². The van der Waals surface area contributed by atoms with Gasteiger partial charge in [0.2, 0.25) is 5.91 Å². The molecule has 3 N–H and O–H groups in total. The van der Waals surface area contributed by atoms with Crippen LogP contribution in [0, 0.1) is 0 Å². The summed E-state index contributed by atoms with van der Waals surface area (Å²) in [5.74, 6) is 1.56. The Morgan fingerprint density at radius 3 is 2.75 bits per heavy atom. The van der Waals surface area contributed by atoms with Gasteiger partial charge in [-0.3, -0.25) is 4.79 Å². The lowest BCUT2D eigenvalue weighted by Crippen LogP contribution is -2.35. The molecule has 2 aromatic carbocycles. The van der Waals surface area contributed by atoms with E-state index < -0.39 is 0 Å². The predicted octanol–water partition coefficient (Wildman–Crippen LogP) is 4.21. The minimum Gasteiger partial charge on any atom is -0.497 e. The van der Waals surface area contributed by atoms with Crippen LogP contribution in [-0.4, -0.2) is 31.3 Å². The molecule has 1 unspecified atom stereocenters. The van der Waals surface area contributed by atoms with Crippen molar-refractivity contribution in [1.29, 1.82) is 0 Å². The summed E-state index contributed by atoms with van der Waals surface area (Å²) in [7, 11) is 1.58. The highest BCUT2D eigenvalue weighted by Gasteiger charge is 2.22. The van der Waals surface area contributed by atoms with Crippen molar-refractivity contribution in [2.75, 3.05) is 24.7 Å². The molecule has 3 amide bonds. The first-order valence-electron chi connectivity index (χ1n) is 8.95. The zero-order valence-electron chi connectivity index (χ0n) is 15.5. The number of ether oxygens (including phenoxy) is 1. The monoisotopic (exact) mass is 419 g/mol. The second-order valence-corrected chi connectivity index (χ2v) is 7.87. The quantitative estimate of drug-likeness (QED) is 0.655. The average Bonchev–Trinajstić information content (AvgIpc) is 2.69. The molecule has 0 radical (unpaired) electrons. The summed E-state index contributed by atoms with van der Waals surface area (Å²) in [6.45, 7) is 0.248. The Morgan fingerprint density at radius 2 is 2.00 bits per heavy atom. The Hall–Kier alpha value is -2.38. The summed E-state index contributed by atoms with van der Waals surface area (Å²) in [5, 5.41) is 9.11. The number of methoxy groups -OCH3 is 1. The lowest BCUT2D eigenvalue weighted by atomic mass is 10.0. The number of halogens is 1. The van der Waals surface area contributed by atoms with Gasteiger partial charge in [-0.2, -0.15) is 0 Å². The van der Waals surface area contributed by atoms with Crippen LogP contribution in [0.1, 0.15) is 24.4 Å². The molecule has 0 aromatic heterocycles. The molecule has 0 aliphatic carbocycles. The van der Waals surface area contributed by atoms with E-state index in [1.807, 2.05) is 18.2 Å². The van der Waals surface area contributed by atoms with Gasteiger partial charge in [0, 0.05) is 34.3 Å². The SMILES string of the molecule is COc1ccc(NC(=O)NCCC(=O)NC2CCSc3ccc(Cl)cc32)cc1. The summed E-state index contributed by atoms with van der Waals surface area (Å²) in [5.41, 5.74) is 1.71. The van der Waals surface area contributed by atoms with Crippen LogP contribution in [0.2, 0.25) is 5.02 Å². The second kappa shape index (κ2) is 9.71. The number of amides is 3. The van der Waals surface area contributed by atoms with Crippen LogP contribution < -0.4 is 20.7 Å². The molecule has 0 spiro atoms. The highest BCUT2D eigenvalue weighted by molar-refractivity contribution is 7.99. The zero-order valence-corrected chi connectivity index (χ0v) is 17.0. The lowest BCUT2D eigenvalue weighted by Gasteiger charge is -2.26. The summed E-state index contributed by atoms with van der Waals surface area (Å²) in [6, 6.07) is 12.4. The molecule has 1 aliphatic heterocycles. The number of nitrogens with one attached hydrogen (secondary N) is 3. The van der Waals surface area contributed by atoms with E-state index in [1.165, 1.54) is 0 Å². The van der Waals surface area contributed by atoms with Crippen LogP contribution in [0.3, 0.4) is 0 Å². The van der Waals surface area contributed by atoms with Gasteiger partial charge in [0.05, 0.1) is 13.2 Å². The third kappa shape index (κ3) is 5.56. The van der Waals surface area contributed by atoms with E-state index in [9.17, 15) is 9.59 Å². The fourth-order valence-electron chi connectivity index (χ4n) is 2.92. The van der Waals surface area contributed by atoms with E-state index >= 15 is 0 Å². The number of carbonyl (C=O) groups excluding carboxylic acids is 2. The molecule has 1 atom stereocenters. The third-order valence-corrected chi connectivity index (χ3v) is 5.69. The van der Waals surface area contributed by atoms with Crippen LogP contribution in [0.15, 0.2) is 47.4 Å². The third-order valence-electron chi connectivity index (χ3n) is 4.33. The number of thioether (sulfide) groups is 1. The standard InChI is InChI=1S/C20H22ClN3O3S/c1-27-15-5-3-14(4-6-15)23-20(26)22-10-8-19(25)24-17-9-11-28-18-7-2-13(21)12-16(17)18/h2-7,12,17H,8-11H2,1H3,(H,24,25)(H2,22,23,26). The molecule has 0 saturated heterocycles. The van der Waals surface area contributed by atoms with Gasteiger partial charge in [-0.15, -0.1) is 11.8 Å². The molecule has 3 rings (SSSR count). The highest BCUT2D eigenvalue weighted by Crippen LogP contribution is 2.37. The molecule has 6 nitrogen and oxygen atoms in total. The number of benzene rings is 2. The smallest absolute Gasteiger partial charge is 0.319 e. The summed E-state index contributed by atoms with van der Waals surface area (Å²) >= 11 is 7.87. The molecule has 0 bridgehead atoms. The number of fused-ring (bicyclic) bond motifs is 1. The number of anilines is 1. The largest absolute Gasteiger partial charge is 0.497 e. The molecular weight excluding hydrogens is 398 g/mol. The van der Waals surface area contributed by atoms with Gasteiger partial charge in [0.1, 0.15) is 5.75 Å². The maximum Gasteiger partial charge on any atom is 0.319 e. The van der Waals surface area contributed by atoms with Crippen LogP contribution in [0.5, 0.6) is 5.75 Å². The minimum atomic E-state index is -0.357. The minimum absolute atomic E-state index is 0.0458. The number of hydrogen-bond acceptors (Lipinski definition) is 4. The first kappa shape index (κ1) is 20.4. The number of hydrogen-bond donors (Lipinski definition) is 3. The zero-order chi connectivity index (χ0) is 19.9. The molecule has 2 aromatic rings. The first-order chi connectivity index (χ1) is 13.5. The van der Waals surface area contributed by atoms with Crippen molar-refractivity contribution in [3.63, 3.8) is 0 Å². The Labute approximate surface area is 173 Å². The fourth-order valence-corrected chi connectivity index (χ4v) is 4.21. The predicted molar refractivity (Wildman–Crippen MR) is 112 cm³/mol. The van der Waals surface area contributed by atoms with Gasteiger partial charge in [-0.05, 0) is 54.4 Å². The van der Waals surface area contributed by atoms with Gasteiger partial charge in [0.15, 0.2) is 0 Å². The Morgan fingerprint density at radius 1 is 1.21 bits per heavy atom. The molecular formula is C20H22ClN3O3S. The fraction of sp³-hybridized carbons (Fsp3) is 0.300. The van der Waals surface area contributed by atoms with E-state index in [2.05, 4.69) is 16.0 Å². The van der Waals surface area contributed by atoms with Crippen LogP contribution in [0.4, 0.5) is 10.5 Å². The van der Waals surface area contributed by atoms with Crippen LogP contribution in [-0.2, 0) is 4.79 Å². The van der Waals surface area contributed by atoms with E-state index in [4.69, 9.17) is 16.3 Å². The van der Waals surface area contributed by atoms with Crippen molar-refractivity contribution in [3.8, 4) is 5.75 Å². The molecule has 1 heterocycles. The van der Waals surface area contributed by atoms with Gasteiger partial charge >= 0.3 is 6.03 Å².